The van der Waals surface area contributed by atoms with Crippen molar-refractivity contribution < 1.29 is 9.59 Å². The zero-order valence-electron chi connectivity index (χ0n) is 14.5. The van der Waals surface area contributed by atoms with Crippen LogP contribution in [-0.2, 0) is 11.2 Å². The third-order valence-electron chi connectivity index (χ3n) is 6.21. The van der Waals surface area contributed by atoms with Crippen LogP contribution >= 0.6 is 0 Å². The van der Waals surface area contributed by atoms with Gasteiger partial charge in [0.2, 0.25) is 0 Å². The van der Waals surface area contributed by atoms with Crippen LogP contribution in [0.1, 0.15) is 39.2 Å². The number of urea groups is 1. The minimum absolute atomic E-state index is 0.0737. The zero-order chi connectivity index (χ0) is 17.5. The van der Waals surface area contributed by atoms with Crippen LogP contribution in [0.4, 0.5) is 4.79 Å². The van der Waals surface area contributed by atoms with E-state index in [1.807, 2.05) is 30.3 Å². The Morgan fingerprint density at radius 1 is 1.21 bits per heavy atom. The number of nitrogens with two attached hydrogens (primary N) is 1. The van der Waals surface area contributed by atoms with E-state index >= 15 is 0 Å². The molecule has 2 aliphatic carbocycles. The lowest BCUT2D eigenvalue weighted by molar-refractivity contribution is -0.125. The number of rotatable bonds is 4. The van der Waals surface area contributed by atoms with E-state index in [-0.39, 0.29) is 22.5 Å². The van der Waals surface area contributed by atoms with E-state index in [0.717, 1.165) is 29.7 Å². The zero-order valence-corrected chi connectivity index (χ0v) is 14.5. The van der Waals surface area contributed by atoms with Gasteiger partial charge in [-0.2, -0.15) is 0 Å². The van der Waals surface area contributed by atoms with Crippen LogP contribution in [0.5, 0.6) is 0 Å². The van der Waals surface area contributed by atoms with Crippen LogP contribution in [-0.4, -0.2) is 11.8 Å². The van der Waals surface area contributed by atoms with Crippen molar-refractivity contribution in [2.24, 2.45) is 22.5 Å². The predicted molar refractivity (Wildman–Crippen MR) is 92.6 cm³/mol. The van der Waals surface area contributed by atoms with Gasteiger partial charge in [-0.15, -0.1) is 0 Å². The molecule has 2 saturated carbocycles. The number of ketones is 1. The summed E-state index contributed by atoms with van der Waals surface area (Å²) < 4.78 is 0. The van der Waals surface area contributed by atoms with Gasteiger partial charge in [-0.1, -0.05) is 51.1 Å². The number of benzene rings is 1. The molecule has 2 fully saturated rings. The number of Topliss-reactive ketones (excluding diaryl/α,β-unsaturated/α-hetero) is 1. The quantitative estimate of drug-likeness (QED) is 0.587. The molecule has 0 aliphatic heterocycles. The first-order chi connectivity index (χ1) is 11.3. The average molecular weight is 327 g/mol. The molecule has 0 aromatic heterocycles. The molecule has 0 saturated heterocycles. The highest BCUT2D eigenvalue weighted by atomic mass is 16.2. The highest BCUT2D eigenvalue weighted by molar-refractivity contribution is 6.05. The smallest absolute Gasteiger partial charge is 0.330 e. The summed E-state index contributed by atoms with van der Waals surface area (Å²) in [6.45, 7) is 6.43. The summed E-state index contributed by atoms with van der Waals surface area (Å²) in [5.41, 5.74) is 12.8. The Morgan fingerprint density at radius 3 is 2.42 bits per heavy atom. The Morgan fingerprint density at radius 2 is 1.88 bits per heavy atom. The standard InChI is InChI=1S/C19H25N3O2/c1-18(2)13-9-10-19(18,3)16(23)15(13)14(21-22-17(20)24)11-12-7-5-4-6-8-12/h4-8,13,21H,9-11H2,1-3H3,(H3,20,22,24)/t13-,19-/m0/s1. The molecule has 0 spiro atoms. The predicted octanol–water partition coefficient (Wildman–Crippen LogP) is 2.68. The SMILES string of the molecule is CC1(C)[C@H]2CC[C@@]1(C)C(=O)C2=C(Cc1ccccc1)NNC(N)=O. The third-order valence-corrected chi connectivity index (χ3v) is 6.21. The summed E-state index contributed by atoms with van der Waals surface area (Å²) in [5, 5.41) is 0. The maximum atomic E-state index is 13.1. The first-order valence-corrected chi connectivity index (χ1v) is 8.40. The van der Waals surface area contributed by atoms with E-state index < -0.39 is 6.03 Å². The highest BCUT2D eigenvalue weighted by Crippen LogP contribution is 2.66. The lowest BCUT2D eigenvalue weighted by Gasteiger charge is -2.31. The van der Waals surface area contributed by atoms with E-state index in [0.29, 0.717) is 6.42 Å². The third kappa shape index (κ3) is 2.39. The molecule has 5 nitrogen and oxygen atoms in total. The van der Waals surface area contributed by atoms with Crippen LogP contribution in [0.25, 0.3) is 0 Å². The number of allylic oxidation sites excluding steroid dienone is 2. The molecular weight excluding hydrogens is 302 g/mol. The molecule has 2 amide bonds. The molecule has 24 heavy (non-hydrogen) atoms. The highest BCUT2D eigenvalue weighted by Gasteiger charge is 2.64. The summed E-state index contributed by atoms with van der Waals surface area (Å²) in [4.78, 5) is 24.3. The van der Waals surface area contributed by atoms with Gasteiger partial charge >= 0.3 is 6.03 Å². The second-order valence-electron chi connectivity index (χ2n) is 7.64. The molecule has 2 aliphatic rings. The number of fused-ring (bicyclic) bond motifs is 2. The average Bonchev–Trinajstić information content (AvgIpc) is 2.85. The van der Waals surface area contributed by atoms with Gasteiger partial charge in [0, 0.05) is 23.1 Å². The van der Waals surface area contributed by atoms with Gasteiger partial charge in [0.05, 0.1) is 0 Å². The Kier molecular flexibility index (Phi) is 3.90. The lowest BCUT2D eigenvalue weighted by Crippen LogP contribution is -2.42. The minimum Gasteiger partial charge on any atom is -0.350 e. The van der Waals surface area contributed by atoms with E-state index in [1.165, 1.54) is 0 Å². The van der Waals surface area contributed by atoms with Crippen LogP contribution in [0.15, 0.2) is 41.6 Å². The van der Waals surface area contributed by atoms with Gasteiger partial charge in [0.25, 0.3) is 0 Å². The fourth-order valence-corrected chi connectivity index (χ4v) is 4.36. The number of hydrogen-bond acceptors (Lipinski definition) is 3. The number of amides is 2. The Hall–Kier alpha value is -2.30. The van der Waals surface area contributed by atoms with Gasteiger partial charge in [-0.3, -0.25) is 10.2 Å². The number of carbonyl (C=O) groups excluding carboxylic acids is 2. The van der Waals surface area contributed by atoms with Crippen LogP contribution in [0, 0.1) is 16.7 Å². The van der Waals surface area contributed by atoms with E-state index in [1.54, 1.807) is 0 Å². The number of carbonyl (C=O) groups is 2. The summed E-state index contributed by atoms with van der Waals surface area (Å²) >= 11 is 0. The van der Waals surface area contributed by atoms with Crippen molar-refractivity contribution >= 4 is 11.8 Å². The van der Waals surface area contributed by atoms with Crippen molar-refractivity contribution in [3.8, 4) is 0 Å². The summed E-state index contributed by atoms with van der Waals surface area (Å²) in [6, 6.07) is 9.24. The molecule has 2 atom stereocenters. The molecule has 2 bridgehead atoms. The summed E-state index contributed by atoms with van der Waals surface area (Å²) in [5.74, 6) is 0.407. The van der Waals surface area contributed by atoms with Crippen molar-refractivity contribution in [2.45, 2.75) is 40.0 Å². The van der Waals surface area contributed by atoms with Crippen LogP contribution in [0.3, 0.4) is 0 Å². The molecule has 0 unspecified atom stereocenters. The van der Waals surface area contributed by atoms with E-state index in [2.05, 4.69) is 31.6 Å². The number of nitrogens with one attached hydrogen (secondary N) is 2. The Bertz CT molecular complexity index is 709. The first kappa shape index (κ1) is 16.6. The molecule has 3 rings (SSSR count). The molecule has 4 N–H and O–H groups in total. The fraction of sp³-hybridized carbons (Fsp3) is 0.474. The topological polar surface area (TPSA) is 84.2 Å². The largest absolute Gasteiger partial charge is 0.350 e. The van der Waals surface area contributed by atoms with E-state index in [9.17, 15) is 9.59 Å². The molecule has 5 heteroatoms. The molecule has 0 heterocycles. The van der Waals surface area contributed by atoms with E-state index in [4.69, 9.17) is 5.73 Å². The van der Waals surface area contributed by atoms with Crippen LogP contribution in [0.2, 0.25) is 0 Å². The normalized spacial score (nSPS) is 29.5. The number of hydrogen-bond donors (Lipinski definition) is 3. The number of hydrazine groups is 1. The van der Waals surface area contributed by atoms with Gasteiger partial charge in [0.15, 0.2) is 5.78 Å². The van der Waals surface area contributed by atoms with Crippen molar-refractivity contribution in [1.82, 2.24) is 10.9 Å². The van der Waals surface area contributed by atoms with Crippen molar-refractivity contribution in [2.75, 3.05) is 0 Å². The molecule has 1 aromatic rings. The second-order valence-corrected chi connectivity index (χ2v) is 7.64. The monoisotopic (exact) mass is 327 g/mol. The molecular formula is C19H25N3O2. The Labute approximate surface area is 142 Å². The molecule has 1 aromatic carbocycles. The molecule has 0 radical (unpaired) electrons. The lowest BCUT2D eigenvalue weighted by atomic mass is 9.70. The number of primary amides is 1. The second kappa shape index (κ2) is 5.65. The first-order valence-electron chi connectivity index (χ1n) is 8.40. The maximum absolute atomic E-state index is 13.1. The van der Waals surface area contributed by atoms with Gasteiger partial charge in [0.1, 0.15) is 0 Å². The van der Waals surface area contributed by atoms with Crippen molar-refractivity contribution in [1.29, 1.82) is 0 Å². The van der Waals surface area contributed by atoms with Crippen LogP contribution < -0.4 is 16.6 Å². The van der Waals surface area contributed by atoms with Crippen molar-refractivity contribution in [3.05, 3.63) is 47.2 Å². The van der Waals surface area contributed by atoms with Gasteiger partial charge < -0.3 is 11.2 Å². The Balaban J connectivity index is 2.02. The summed E-state index contributed by atoms with van der Waals surface area (Å²) in [7, 11) is 0. The maximum Gasteiger partial charge on any atom is 0.330 e. The van der Waals surface area contributed by atoms with Gasteiger partial charge in [-0.05, 0) is 29.7 Å². The summed E-state index contributed by atoms with van der Waals surface area (Å²) in [6.07, 6.45) is 2.49. The van der Waals surface area contributed by atoms with Crippen molar-refractivity contribution in [3.63, 3.8) is 0 Å². The minimum atomic E-state index is -0.665. The van der Waals surface area contributed by atoms with Gasteiger partial charge in [-0.25, -0.2) is 4.79 Å². The molecule has 128 valence electrons. The fourth-order valence-electron chi connectivity index (χ4n) is 4.36.